The lowest BCUT2D eigenvalue weighted by Gasteiger charge is -2.30. The lowest BCUT2D eigenvalue weighted by atomic mass is 10.0. The summed E-state index contributed by atoms with van der Waals surface area (Å²) >= 11 is 0. The van der Waals surface area contributed by atoms with E-state index in [-0.39, 0.29) is 19.8 Å². The van der Waals surface area contributed by atoms with Gasteiger partial charge >= 0.3 is 0 Å². The molecule has 1 N–H and O–H groups in total. The number of phosphoric acid groups is 1. The van der Waals surface area contributed by atoms with E-state index in [1.165, 1.54) is 83.5 Å². The van der Waals surface area contributed by atoms with Crippen molar-refractivity contribution < 1.29 is 28.1 Å². The number of phosphoric ester groups is 1. The second-order valence-electron chi connectivity index (χ2n) is 9.52. The van der Waals surface area contributed by atoms with E-state index in [0.717, 1.165) is 19.3 Å². The number of hydrogen-bond donors (Lipinski definition) is 1. The predicted octanol–water partition coefficient (Wildman–Crippen LogP) is 5.82. The van der Waals surface area contributed by atoms with Gasteiger partial charge in [-0.2, -0.15) is 0 Å². The van der Waals surface area contributed by atoms with Crippen molar-refractivity contribution >= 4 is 7.82 Å². The van der Waals surface area contributed by atoms with Gasteiger partial charge in [0.1, 0.15) is 19.7 Å². The Morgan fingerprint density at radius 3 is 1.48 bits per heavy atom. The maximum Gasteiger partial charge on any atom is 0.268 e. The fourth-order valence-corrected chi connectivity index (χ4v) is 4.38. The highest BCUT2D eigenvalue weighted by atomic mass is 31.2. The van der Waals surface area contributed by atoms with Crippen LogP contribution < -0.4 is 4.89 Å². The minimum Gasteiger partial charge on any atom is -0.756 e. The van der Waals surface area contributed by atoms with Crippen LogP contribution in [0.5, 0.6) is 0 Å². The molecule has 0 radical (unpaired) electrons. The zero-order chi connectivity index (χ0) is 23.3. The number of hydrogen-bond acceptors (Lipinski definition) is 5. The van der Waals surface area contributed by atoms with E-state index < -0.39 is 7.82 Å². The maximum atomic E-state index is 11.8. The van der Waals surface area contributed by atoms with Crippen LogP contribution in [0.15, 0.2) is 0 Å². The summed E-state index contributed by atoms with van der Waals surface area (Å²) in [5.74, 6) is 0. The van der Waals surface area contributed by atoms with Gasteiger partial charge in [0.2, 0.25) is 0 Å². The highest BCUT2D eigenvalue weighted by molar-refractivity contribution is 7.45. The van der Waals surface area contributed by atoms with Crippen LogP contribution in [0.1, 0.15) is 110 Å². The number of likely N-dealkylation sites (N-methyl/N-ethyl adjacent to an activating group) is 1. The maximum absolute atomic E-state index is 11.8. The van der Waals surface area contributed by atoms with Gasteiger partial charge in [0, 0.05) is 0 Å². The summed E-state index contributed by atoms with van der Waals surface area (Å²) in [4.78, 5) is 11.8. The summed E-state index contributed by atoms with van der Waals surface area (Å²) < 4.78 is 22.1. The van der Waals surface area contributed by atoms with Crippen molar-refractivity contribution in [3.05, 3.63) is 0 Å². The number of aliphatic hydroxyl groups excluding tert-OH is 1. The topological polar surface area (TPSA) is 78.8 Å². The minimum atomic E-state index is -4.21. The van der Waals surface area contributed by atoms with Crippen molar-refractivity contribution in [3.63, 3.8) is 0 Å². The van der Waals surface area contributed by atoms with Gasteiger partial charge in [-0.15, -0.1) is 0 Å². The van der Waals surface area contributed by atoms with Crippen LogP contribution >= 0.6 is 7.82 Å². The average molecular weight is 466 g/mol. The molecule has 0 rings (SSSR count). The largest absolute Gasteiger partial charge is 0.756 e. The van der Waals surface area contributed by atoms with Crippen molar-refractivity contribution in [1.82, 2.24) is 0 Å². The molecule has 0 fully saturated rings. The molecule has 0 aliphatic rings. The predicted molar refractivity (Wildman–Crippen MR) is 128 cm³/mol. The number of rotatable bonds is 24. The molecular formula is C24H52NO5P. The Balaban J connectivity index is 3.37. The van der Waals surface area contributed by atoms with Gasteiger partial charge in [-0.05, 0) is 6.42 Å². The van der Waals surface area contributed by atoms with E-state index in [9.17, 15) is 9.46 Å². The van der Waals surface area contributed by atoms with Crippen molar-refractivity contribution in [2.75, 3.05) is 47.0 Å². The van der Waals surface area contributed by atoms with E-state index in [1.54, 1.807) is 0 Å². The molecule has 0 saturated heterocycles. The Hall–Kier alpha value is 0.0300. The minimum absolute atomic E-state index is 0.0673. The van der Waals surface area contributed by atoms with E-state index in [0.29, 0.717) is 17.6 Å². The molecule has 0 bridgehead atoms. The summed E-state index contributed by atoms with van der Waals surface area (Å²) in [5.41, 5.74) is 0. The molecule has 0 heterocycles. The van der Waals surface area contributed by atoms with E-state index in [2.05, 4.69) is 6.92 Å². The molecule has 6 nitrogen and oxygen atoms in total. The number of aliphatic hydroxyl groups is 1. The second kappa shape index (κ2) is 20.6. The molecular weight excluding hydrogens is 413 g/mol. The Labute approximate surface area is 192 Å². The molecule has 0 amide bonds. The Bertz CT molecular complexity index is 434. The monoisotopic (exact) mass is 465 g/mol. The van der Waals surface area contributed by atoms with Crippen LogP contribution in [0.3, 0.4) is 0 Å². The van der Waals surface area contributed by atoms with Crippen LogP contribution in [0.25, 0.3) is 0 Å². The van der Waals surface area contributed by atoms with Crippen molar-refractivity contribution in [2.24, 2.45) is 0 Å². The smallest absolute Gasteiger partial charge is 0.268 e. The quantitative estimate of drug-likeness (QED) is 0.110. The molecule has 31 heavy (non-hydrogen) atoms. The van der Waals surface area contributed by atoms with Gasteiger partial charge in [-0.1, -0.05) is 103 Å². The van der Waals surface area contributed by atoms with Crippen LogP contribution in [0.4, 0.5) is 0 Å². The highest BCUT2D eigenvalue weighted by Crippen LogP contribution is 2.38. The first-order valence-electron chi connectivity index (χ1n) is 12.9. The standard InChI is InChI=1S/C24H52NO5P/c1-4-5-6-7-8-9-10-11-12-13-14-15-16-17-18-19-23-29-31(27,28)30-24-21-25(2,3)20-22-26/h26H,4-24H2,1-3H3. The zero-order valence-corrected chi connectivity index (χ0v) is 21.7. The first-order chi connectivity index (χ1) is 14.8. The summed E-state index contributed by atoms with van der Waals surface area (Å²) in [6, 6.07) is 0. The second-order valence-corrected chi connectivity index (χ2v) is 10.9. The van der Waals surface area contributed by atoms with E-state index in [4.69, 9.17) is 14.2 Å². The molecule has 0 saturated carbocycles. The van der Waals surface area contributed by atoms with E-state index >= 15 is 0 Å². The summed E-state index contributed by atoms with van der Waals surface area (Å²) in [6.45, 7) is 3.68. The lowest BCUT2D eigenvalue weighted by molar-refractivity contribution is -0.890. The van der Waals surface area contributed by atoms with Crippen molar-refractivity contribution in [3.8, 4) is 0 Å². The molecule has 7 heteroatoms. The Morgan fingerprint density at radius 2 is 1.06 bits per heavy atom. The van der Waals surface area contributed by atoms with Gasteiger partial charge < -0.3 is 23.5 Å². The summed E-state index contributed by atoms with van der Waals surface area (Å²) in [6.07, 6.45) is 20.6. The van der Waals surface area contributed by atoms with Crippen LogP contribution in [0.2, 0.25) is 0 Å². The van der Waals surface area contributed by atoms with Gasteiger partial charge in [0.25, 0.3) is 7.82 Å². The molecule has 0 aliphatic carbocycles. The third-order valence-corrected chi connectivity index (χ3v) is 6.90. The molecule has 0 aliphatic heterocycles. The Kier molecular flexibility index (Phi) is 20.6. The zero-order valence-electron chi connectivity index (χ0n) is 20.8. The van der Waals surface area contributed by atoms with Gasteiger partial charge in [0.05, 0.1) is 27.3 Å². The van der Waals surface area contributed by atoms with Crippen LogP contribution in [0, 0.1) is 0 Å². The molecule has 0 aromatic rings. The van der Waals surface area contributed by atoms with Crippen molar-refractivity contribution in [1.29, 1.82) is 0 Å². The van der Waals surface area contributed by atoms with Gasteiger partial charge in [-0.25, -0.2) is 0 Å². The third-order valence-electron chi connectivity index (χ3n) is 5.90. The number of nitrogens with zero attached hydrogens (tertiary/aromatic N) is 1. The third kappa shape index (κ3) is 23.0. The first-order valence-corrected chi connectivity index (χ1v) is 14.3. The molecule has 0 aromatic carbocycles. The lowest BCUT2D eigenvalue weighted by Crippen LogP contribution is -2.44. The number of unbranched alkanes of at least 4 members (excludes halogenated alkanes) is 15. The molecule has 1 unspecified atom stereocenters. The Morgan fingerprint density at radius 1 is 0.677 bits per heavy atom. The van der Waals surface area contributed by atoms with Gasteiger partial charge in [0.15, 0.2) is 0 Å². The molecule has 0 spiro atoms. The first kappa shape index (κ1) is 31.0. The van der Waals surface area contributed by atoms with E-state index in [1.807, 2.05) is 14.1 Å². The van der Waals surface area contributed by atoms with Crippen LogP contribution in [-0.4, -0.2) is 56.6 Å². The van der Waals surface area contributed by atoms with Gasteiger partial charge in [-0.3, -0.25) is 4.57 Å². The van der Waals surface area contributed by atoms with Crippen LogP contribution in [-0.2, 0) is 13.6 Å². The summed E-state index contributed by atoms with van der Waals surface area (Å²) in [7, 11) is -0.363. The van der Waals surface area contributed by atoms with Crippen molar-refractivity contribution in [2.45, 2.75) is 110 Å². The fourth-order valence-electron chi connectivity index (χ4n) is 3.65. The fraction of sp³-hybridized carbons (Fsp3) is 1.00. The molecule has 0 aromatic heterocycles. The average Bonchev–Trinajstić information content (AvgIpc) is 2.70. The SMILES string of the molecule is CCCCCCCCCCCCCCCCCCOP(=O)([O-])OCC[N+](C)(C)CCO. The normalized spacial score (nSPS) is 14.1. The molecule has 188 valence electrons. The highest BCUT2D eigenvalue weighted by Gasteiger charge is 2.16. The summed E-state index contributed by atoms with van der Waals surface area (Å²) in [5, 5.41) is 8.98. The number of quaternary nitrogens is 1. The molecule has 1 atom stereocenters.